The van der Waals surface area contributed by atoms with E-state index in [9.17, 15) is 9.59 Å². The molecule has 0 radical (unpaired) electrons. The van der Waals surface area contributed by atoms with Crippen molar-refractivity contribution in [3.05, 3.63) is 63.7 Å². The van der Waals surface area contributed by atoms with Gasteiger partial charge in [0.15, 0.2) is 0 Å². The van der Waals surface area contributed by atoms with Gasteiger partial charge in [-0.05, 0) is 79.6 Å². The van der Waals surface area contributed by atoms with E-state index >= 15 is 0 Å². The van der Waals surface area contributed by atoms with Crippen molar-refractivity contribution >= 4 is 40.3 Å². The van der Waals surface area contributed by atoms with Gasteiger partial charge in [-0.1, -0.05) is 30.3 Å². The molecule has 154 valence electrons. The van der Waals surface area contributed by atoms with Crippen LogP contribution in [0.4, 0.5) is 10.5 Å². The molecule has 0 bridgehead atoms. The molecule has 1 aliphatic rings. The molecule has 1 N–H and O–H groups in total. The number of piperidine rings is 1. The van der Waals surface area contributed by atoms with E-state index in [-0.39, 0.29) is 23.8 Å². The van der Waals surface area contributed by atoms with Crippen LogP contribution in [0.15, 0.2) is 54.6 Å². The molecule has 6 heteroatoms. The van der Waals surface area contributed by atoms with Crippen LogP contribution in [0, 0.1) is 9.49 Å². The predicted octanol–water partition coefficient (Wildman–Crippen LogP) is 5.27. The number of hydrogen-bond donors (Lipinski definition) is 1. The van der Waals surface area contributed by atoms with Gasteiger partial charge in [0.1, 0.15) is 5.60 Å². The second kappa shape index (κ2) is 9.15. The number of carbonyl (C=O) groups excluding carboxylic acids is 2. The van der Waals surface area contributed by atoms with Crippen molar-refractivity contribution < 1.29 is 14.3 Å². The van der Waals surface area contributed by atoms with Crippen molar-refractivity contribution in [2.45, 2.75) is 38.7 Å². The highest BCUT2D eigenvalue weighted by Crippen LogP contribution is 2.32. The summed E-state index contributed by atoms with van der Waals surface area (Å²) in [7, 11) is 0. The highest BCUT2D eigenvalue weighted by molar-refractivity contribution is 14.1. The highest BCUT2D eigenvalue weighted by atomic mass is 127. The van der Waals surface area contributed by atoms with Crippen molar-refractivity contribution in [1.82, 2.24) is 4.90 Å². The van der Waals surface area contributed by atoms with Gasteiger partial charge in [0.05, 0.1) is 5.92 Å². The molecule has 29 heavy (non-hydrogen) atoms. The molecule has 1 fully saturated rings. The summed E-state index contributed by atoms with van der Waals surface area (Å²) >= 11 is 2.23. The van der Waals surface area contributed by atoms with Crippen molar-refractivity contribution in [3.8, 4) is 0 Å². The lowest BCUT2D eigenvalue weighted by atomic mass is 9.84. The number of anilines is 1. The summed E-state index contributed by atoms with van der Waals surface area (Å²) < 4.78 is 6.69. The van der Waals surface area contributed by atoms with Crippen molar-refractivity contribution in [1.29, 1.82) is 0 Å². The molecule has 2 atom stereocenters. The summed E-state index contributed by atoms with van der Waals surface area (Å²) in [6.07, 6.45) is 0.324. The van der Waals surface area contributed by atoms with Gasteiger partial charge in [0.25, 0.3) is 0 Å². The first-order chi connectivity index (χ1) is 13.7. The molecule has 1 aliphatic heterocycles. The van der Waals surface area contributed by atoms with Gasteiger partial charge in [0, 0.05) is 28.3 Å². The Labute approximate surface area is 186 Å². The molecule has 2 amide bonds. The lowest BCUT2D eigenvalue weighted by molar-refractivity contribution is -0.121. The zero-order valence-corrected chi connectivity index (χ0v) is 19.2. The van der Waals surface area contributed by atoms with E-state index in [2.05, 4.69) is 40.0 Å². The second-order valence-electron chi connectivity index (χ2n) is 8.42. The maximum Gasteiger partial charge on any atom is 0.410 e. The number of nitrogens with one attached hydrogen (secondary N) is 1. The summed E-state index contributed by atoms with van der Waals surface area (Å²) in [5, 5.41) is 3.00. The standard InChI is InChI=1S/C23H27IN2O3/c1-23(2,3)29-22(28)26-14-17(16-7-5-4-6-8-16)13-18(15-26)21(27)25-20-11-9-19(24)10-12-20/h4-12,17-18H,13-15H2,1-3H3,(H,25,27). The molecule has 1 heterocycles. The van der Waals surface area contributed by atoms with Crippen molar-refractivity contribution in [2.75, 3.05) is 18.4 Å². The van der Waals surface area contributed by atoms with Crippen LogP contribution in [0.3, 0.4) is 0 Å². The van der Waals surface area contributed by atoms with Crippen LogP contribution in [0.1, 0.15) is 38.7 Å². The van der Waals surface area contributed by atoms with Crippen LogP contribution < -0.4 is 5.32 Å². The minimum Gasteiger partial charge on any atom is -0.444 e. The third kappa shape index (κ3) is 6.19. The molecular weight excluding hydrogens is 479 g/mol. The quantitative estimate of drug-likeness (QED) is 0.578. The van der Waals surface area contributed by atoms with Crippen LogP contribution in [-0.2, 0) is 9.53 Å². The zero-order chi connectivity index (χ0) is 21.0. The van der Waals surface area contributed by atoms with E-state index in [0.29, 0.717) is 19.5 Å². The van der Waals surface area contributed by atoms with Crippen LogP contribution in [0.25, 0.3) is 0 Å². The van der Waals surface area contributed by atoms with Gasteiger partial charge in [-0.3, -0.25) is 4.79 Å². The Balaban J connectivity index is 1.78. The number of benzene rings is 2. The first-order valence-corrected chi connectivity index (χ1v) is 10.9. The Kier molecular flexibility index (Phi) is 6.82. The fraction of sp³-hybridized carbons (Fsp3) is 0.391. The van der Waals surface area contributed by atoms with E-state index < -0.39 is 5.60 Å². The average molecular weight is 506 g/mol. The first-order valence-electron chi connectivity index (χ1n) is 9.80. The van der Waals surface area contributed by atoms with Gasteiger partial charge in [0.2, 0.25) is 5.91 Å². The van der Waals surface area contributed by atoms with Gasteiger partial charge in [-0.25, -0.2) is 4.79 Å². The topological polar surface area (TPSA) is 58.6 Å². The number of nitrogens with zero attached hydrogens (tertiary/aromatic N) is 1. The molecule has 2 aromatic rings. The second-order valence-corrected chi connectivity index (χ2v) is 9.67. The third-order valence-electron chi connectivity index (χ3n) is 4.86. The molecular formula is C23H27IN2O3. The normalized spacial score (nSPS) is 19.5. The third-order valence-corrected chi connectivity index (χ3v) is 5.57. The Bertz CT molecular complexity index is 847. The fourth-order valence-electron chi connectivity index (χ4n) is 3.51. The summed E-state index contributed by atoms with van der Waals surface area (Å²) in [6, 6.07) is 17.7. The van der Waals surface area contributed by atoms with E-state index in [1.165, 1.54) is 0 Å². The SMILES string of the molecule is CC(C)(C)OC(=O)N1CC(C(=O)Nc2ccc(I)cc2)CC(c2ccccc2)C1. The summed E-state index contributed by atoms with van der Waals surface area (Å²) in [5.41, 5.74) is 1.32. The number of rotatable bonds is 3. The number of hydrogen-bond acceptors (Lipinski definition) is 3. The lowest BCUT2D eigenvalue weighted by Gasteiger charge is -2.38. The van der Waals surface area contributed by atoms with Gasteiger partial charge < -0.3 is 15.0 Å². The number of amides is 2. The number of ether oxygens (including phenoxy) is 1. The molecule has 2 unspecified atom stereocenters. The van der Waals surface area contributed by atoms with Crippen LogP contribution in [0.2, 0.25) is 0 Å². The lowest BCUT2D eigenvalue weighted by Crippen LogP contribution is -2.48. The van der Waals surface area contributed by atoms with Crippen LogP contribution in [0.5, 0.6) is 0 Å². The number of likely N-dealkylation sites (tertiary alicyclic amines) is 1. The molecule has 0 aliphatic carbocycles. The Hall–Kier alpha value is -2.09. The maximum absolute atomic E-state index is 13.0. The highest BCUT2D eigenvalue weighted by Gasteiger charge is 2.36. The molecule has 2 aromatic carbocycles. The number of carbonyl (C=O) groups is 2. The minimum atomic E-state index is -0.574. The van der Waals surface area contributed by atoms with Crippen LogP contribution >= 0.6 is 22.6 Å². The Morgan fingerprint density at radius 3 is 2.31 bits per heavy atom. The predicted molar refractivity (Wildman–Crippen MR) is 123 cm³/mol. The molecule has 0 aromatic heterocycles. The summed E-state index contributed by atoms with van der Waals surface area (Å²) in [6.45, 7) is 6.46. The largest absolute Gasteiger partial charge is 0.444 e. The van der Waals surface area contributed by atoms with Gasteiger partial charge in [-0.2, -0.15) is 0 Å². The van der Waals surface area contributed by atoms with E-state index in [4.69, 9.17) is 4.74 Å². The number of halogens is 1. The molecule has 0 saturated carbocycles. The van der Waals surface area contributed by atoms with Gasteiger partial charge in [-0.15, -0.1) is 0 Å². The van der Waals surface area contributed by atoms with E-state index in [1.54, 1.807) is 4.90 Å². The minimum absolute atomic E-state index is 0.0691. The molecule has 0 spiro atoms. The fourth-order valence-corrected chi connectivity index (χ4v) is 3.87. The molecule has 5 nitrogen and oxygen atoms in total. The Morgan fingerprint density at radius 1 is 1.03 bits per heavy atom. The first kappa shape index (κ1) is 21.6. The van der Waals surface area contributed by atoms with Crippen molar-refractivity contribution in [3.63, 3.8) is 0 Å². The Morgan fingerprint density at radius 2 is 1.69 bits per heavy atom. The van der Waals surface area contributed by atoms with E-state index in [0.717, 1.165) is 14.8 Å². The molecule has 1 saturated heterocycles. The molecule has 3 rings (SSSR count). The van der Waals surface area contributed by atoms with Gasteiger partial charge >= 0.3 is 6.09 Å². The van der Waals surface area contributed by atoms with E-state index in [1.807, 2.05) is 63.2 Å². The zero-order valence-electron chi connectivity index (χ0n) is 17.0. The monoisotopic (exact) mass is 506 g/mol. The summed E-state index contributed by atoms with van der Waals surface area (Å²) in [5.74, 6) is -0.286. The average Bonchev–Trinajstić information content (AvgIpc) is 2.69. The smallest absolute Gasteiger partial charge is 0.410 e. The van der Waals surface area contributed by atoms with Crippen molar-refractivity contribution in [2.24, 2.45) is 5.92 Å². The summed E-state index contributed by atoms with van der Waals surface area (Å²) in [4.78, 5) is 27.4. The maximum atomic E-state index is 13.0. The van der Waals surface area contributed by atoms with Crippen LogP contribution in [-0.4, -0.2) is 35.6 Å².